The molecule has 1 N–H and O–H groups in total. The zero-order valence-corrected chi connectivity index (χ0v) is 13.5. The van der Waals surface area contributed by atoms with E-state index in [2.05, 4.69) is 43.6 Å². The highest BCUT2D eigenvalue weighted by Gasteiger charge is 2.15. The molecule has 5 heteroatoms. The summed E-state index contributed by atoms with van der Waals surface area (Å²) in [7, 11) is 0. The second kappa shape index (κ2) is 6.93. The number of thiophene rings is 1. The number of pyridine rings is 1. The summed E-state index contributed by atoms with van der Waals surface area (Å²) in [6, 6.07) is 6.50. The molecule has 0 saturated carbocycles. The van der Waals surface area contributed by atoms with Gasteiger partial charge >= 0.3 is 0 Å². The topological polar surface area (TPSA) is 37.8 Å². The first-order valence-electron chi connectivity index (χ1n) is 6.86. The molecule has 3 nitrogen and oxygen atoms in total. The van der Waals surface area contributed by atoms with Crippen LogP contribution in [0.25, 0.3) is 0 Å². The van der Waals surface area contributed by atoms with Crippen LogP contribution in [0, 0.1) is 6.92 Å². The molecule has 21 heavy (non-hydrogen) atoms. The van der Waals surface area contributed by atoms with Crippen LogP contribution in [0.2, 0.25) is 0 Å². The van der Waals surface area contributed by atoms with Crippen LogP contribution >= 0.6 is 22.7 Å². The SMILES string of the molecule is Cc1csc([C@H](Cc2ccsc2)NCc2cccnc2)n1. The van der Waals surface area contributed by atoms with Crippen molar-refractivity contribution in [3.63, 3.8) is 0 Å². The van der Waals surface area contributed by atoms with Crippen LogP contribution in [0.4, 0.5) is 0 Å². The van der Waals surface area contributed by atoms with Crippen molar-refractivity contribution in [1.29, 1.82) is 0 Å². The van der Waals surface area contributed by atoms with Gasteiger partial charge in [0.1, 0.15) is 5.01 Å². The van der Waals surface area contributed by atoms with Crippen molar-refractivity contribution in [2.24, 2.45) is 0 Å². The van der Waals surface area contributed by atoms with Crippen molar-refractivity contribution in [2.75, 3.05) is 0 Å². The highest BCUT2D eigenvalue weighted by molar-refractivity contribution is 7.09. The molecule has 0 saturated heterocycles. The van der Waals surface area contributed by atoms with E-state index in [0.29, 0.717) is 0 Å². The Balaban J connectivity index is 1.72. The van der Waals surface area contributed by atoms with Crippen molar-refractivity contribution in [2.45, 2.75) is 25.9 Å². The van der Waals surface area contributed by atoms with Gasteiger partial charge in [-0.2, -0.15) is 11.3 Å². The highest BCUT2D eigenvalue weighted by Crippen LogP contribution is 2.23. The summed E-state index contributed by atoms with van der Waals surface area (Å²) in [5, 5.41) is 11.2. The summed E-state index contributed by atoms with van der Waals surface area (Å²) in [4.78, 5) is 8.81. The molecule has 0 bridgehead atoms. The minimum atomic E-state index is 0.249. The molecule has 0 aromatic carbocycles. The van der Waals surface area contributed by atoms with Gasteiger partial charge < -0.3 is 5.32 Å². The molecule has 0 radical (unpaired) electrons. The first kappa shape index (κ1) is 14.4. The van der Waals surface area contributed by atoms with Gasteiger partial charge in [0.15, 0.2) is 0 Å². The normalized spacial score (nSPS) is 12.4. The average Bonchev–Trinajstić information content (AvgIpc) is 3.16. The van der Waals surface area contributed by atoms with Crippen molar-refractivity contribution in [3.05, 3.63) is 68.6 Å². The minimum Gasteiger partial charge on any atom is -0.303 e. The van der Waals surface area contributed by atoms with Crippen LogP contribution in [0.1, 0.15) is 27.9 Å². The number of nitrogens with zero attached hydrogens (tertiary/aromatic N) is 2. The molecule has 108 valence electrons. The average molecular weight is 315 g/mol. The minimum absolute atomic E-state index is 0.249. The molecule has 0 aliphatic rings. The third-order valence-corrected chi connectivity index (χ3v) is 5.04. The van der Waals surface area contributed by atoms with E-state index in [1.165, 1.54) is 11.1 Å². The standard InChI is InChI=1S/C16H17N3S2/c1-12-10-21-16(19-12)15(7-13-4-6-20-11-13)18-9-14-3-2-5-17-8-14/h2-6,8,10-11,15,18H,7,9H2,1H3/t15-/m0/s1. The molecule has 3 heterocycles. The van der Waals surface area contributed by atoms with Crippen LogP contribution in [0.5, 0.6) is 0 Å². The molecule has 0 aliphatic heterocycles. The molecule has 0 fully saturated rings. The summed E-state index contributed by atoms with van der Waals surface area (Å²) in [6.07, 6.45) is 4.68. The Morgan fingerprint density at radius 3 is 2.86 bits per heavy atom. The van der Waals surface area contributed by atoms with E-state index in [9.17, 15) is 0 Å². The van der Waals surface area contributed by atoms with Crippen LogP contribution in [-0.4, -0.2) is 9.97 Å². The third kappa shape index (κ3) is 3.97. The lowest BCUT2D eigenvalue weighted by Crippen LogP contribution is -2.22. The first-order valence-corrected chi connectivity index (χ1v) is 8.69. The lowest BCUT2D eigenvalue weighted by atomic mass is 10.1. The number of aromatic nitrogens is 2. The zero-order chi connectivity index (χ0) is 14.5. The van der Waals surface area contributed by atoms with Crippen molar-refractivity contribution < 1.29 is 0 Å². The molecule has 0 aliphatic carbocycles. The monoisotopic (exact) mass is 315 g/mol. The number of nitrogens with one attached hydrogen (secondary N) is 1. The molecular weight excluding hydrogens is 298 g/mol. The Morgan fingerprint density at radius 2 is 2.19 bits per heavy atom. The number of aryl methyl sites for hydroxylation is 1. The second-order valence-corrected chi connectivity index (χ2v) is 6.63. The lowest BCUT2D eigenvalue weighted by Gasteiger charge is -2.16. The van der Waals surface area contributed by atoms with Gasteiger partial charge in [0, 0.05) is 30.0 Å². The fraction of sp³-hybridized carbons (Fsp3) is 0.250. The fourth-order valence-electron chi connectivity index (χ4n) is 2.17. The summed E-state index contributed by atoms with van der Waals surface area (Å²) in [5.74, 6) is 0. The predicted molar refractivity (Wildman–Crippen MR) is 88.7 cm³/mol. The molecule has 0 amide bonds. The Hall–Kier alpha value is -1.56. The quantitative estimate of drug-likeness (QED) is 0.747. The van der Waals surface area contributed by atoms with Gasteiger partial charge in [0.05, 0.1) is 6.04 Å². The Morgan fingerprint density at radius 1 is 1.24 bits per heavy atom. The Labute approximate surface area is 132 Å². The van der Waals surface area contributed by atoms with Gasteiger partial charge in [-0.15, -0.1) is 11.3 Å². The molecule has 3 aromatic rings. The largest absolute Gasteiger partial charge is 0.303 e. The molecule has 0 spiro atoms. The molecule has 3 rings (SSSR count). The van der Waals surface area contributed by atoms with E-state index in [1.54, 1.807) is 28.9 Å². The third-order valence-electron chi connectivity index (χ3n) is 3.23. The Kier molecular flexibility index (Phi) is 4.75. The number of rotatable bonds is 6. The van der Waals surface area contributed by atoms with Gasteiger partial charge in [-0.05, 0) is 47.4 Å². The maximum atomic E-state index is 4.65. The van der Waals surface area contributed by atoms with Gasteiger partial charge in [-0.25, -0.2) is 4.98 Å². The number of thiazole rings is 1. The van der Waals surface area contributed by atoms with Gasteiger partial charge in [0.2, 0.25) is 0 Å². The first-order chi connectivity index (χ1) is 10.3. The second-order valence-electron chi connectivity index (χ2n) is 4.96. The molecule has 3 aromatic heterocycles. The van der Waals surface area contributed by atoms with E-state index in [0.717, 1.165) is 23.7 Å². The van der Waals surface area contributed by atoms with E-state index in [-0.39, 0.29) is 6.04 Å². The highest BCUT2D eigenvalue weighted by atomic mass is 32.1. The smallest absolute Gasteiger partial charge is 0.110 e. The van der Waals surface area contributed by atoms with Crippen LogP contribution in [0.15, 0.2) is 46.7 Å². The number of hydrogen-bond donors (Lipinski definition) is 1. The van der Waals surface area contributed by atoms with Crippen LogP contribution in [-0.2, 0) is 13.0 Å². The number of hydrogen-bond acceptors (Lipinski definition) is 5. The predicted octanol–water partition coefficient (Wildman–Crippen LogP) is 3.98. The van der Waals surface area contributed by atoms with Crippen LogP contribution < -0.4 is 5.32 Å². The van der Waals surface area contributed by atoms with Crippen molar-refractivity contribution >= 4 is 22.7 Å². The van der Waals surface area contributed by atoms with Gasteiger partial charge in [-0.3, -0.25) is 4.98 Å². The van der Waals surface area contributed by atoms with E-state index < -0.39 is 0 Å². The summed E-state index contributed by atoms with van der Waals surface area (Å²) in [5.41, 5.74) is 3.64. The van der Waals surface area contributed by atoms with Crippen molar-refractivity contribution in [3.8, 4) is 0 Å². The van der Waals surface area contributed by atoms with Crippen LogP contribution in [0.3, 0.4) is 0 Å². The van der Waals surface area contributed by atoms with Crippen molar-refractivity contribution in [1.82, 2.24) is 15.3 Å². The summed E-state index contributed by atoms with van der Waals surface area (Å²) < 4.78 is 0. The van der Waals surface area contributed by atoms with E-state index >= 15 is 0 Å². The summed E-state index contributed by atoms with van der Waals surface area (Å²) in [6.45, 7) is 2.85. The molecule has 0 unspecified atom stereocenters. The fourth-order valence-corrected chi connectivity index (χ4v) is 3.72. The van der Waals surface area contributed by atoms with E-state index in [1.807, 2.05) is 19.2 Å². The summed E-state index contributed by atoms with van der Waals surface area (Å²) >= 11 is 3.47. The zero-order valence-electron chi connectivity index (χ0n) is 11.8. The van der Waals surface area contributed by atoms with Gasteiger partial charge in [0.25, 0.3) is 0 Å². The van der Waals surface area contributed by atoms with E-state index in [4.69, 9.17) is 0 Å². The Bertz CT molecular complexity index is 662. The molecular formula is C16H17N3S2. The maximum Gasteiger partial charge on any atom is 0.110 e. The van der Waals surface area contributed by atoms with Gasteiger partial charge in [-0.1, -0.05) is 6.07 Å². The lowest BCUT2D eigenvalue weighted by molar-refractivity contribution is 0.527. The maximum absolute atomic E-state index is 4.65. The molecule has 1 atom stereocenters.